The summed E-state index contributed by atoms with van der Waals surface area (Å²) in [4.78, 5) is 11.3. The van der Waals surface area contributed by atoms with Crippen LogP contribution in [0.15, 0.2) is 61.2 Å². The molecule has 0 spiro atoms. The SMILES string of the molecule is C=CC(=O)c1ccc(OCc2ccccc2)cc1F. The Labute approximate surface area is 111 Å². The molecule has 0 radical (unpaired) electrons. The Kier molecular flexibility index (Phi) is 4.08. The zero-order chi connectivity index (χ0) is 13.7. The van der Waals surface area contributed by atoms with Crippen LogP contribution in [-0.4, -0.2) is 5.78 Å². The standard InChI is InChI=1S/C16H13FO2/c1-2-16(18)14-9-8-13(10-15(14)17)19-11-12-6-4-3-5-7-12/h2-10H,1,11H2. The second-order valence-corrected chi connectivity index (χ2v) is 3.98. The van der Waals surface area contributed by atoms with Gasteiger partial charge in [-0.05, 0) is 23.8 Å². The van der Waals surface area contributed by atoms with E-state index in [0.717, 1.165) is 11.6 Å². The van der Waals surface area contributed by atoms with Crippen LogP contribution in [-0.2, 0) is 6.61 Å². The number of allylic oxidation sites excluding steroid dienone is 1. The van der Waals surface area contributed by atoms with E-state index in [1.54, 1.807) is 6.07 Å². The van der Waals surface area contributed by atoms with Gasteiger partial charge in [-0.15, -0.1) is 0 Å². The molecule has 0 saturated carbocycles. The zero-order valence-corrected chi connectivity index (χ0v) is 10.3. The van der Waals surface area contributed by atoms with Gasteiger partial charge in [-0.3, -0.25) is 4.79 Å². The molecule has 0 atom stereocenters. The first kappa shape index (κ1) is 13.0. The minimum absolute atomic E-state index is 0.00191. The van der Waals surface area contributed by atoms with Gasteiger partial charge in [0.1, 0.15) is 18.2 Å². The maximum Gasteiger partial charge on any atom is 0.188 e. The van der Waals surface area contributed by atoms with Crippen molar-refractivity contribution < 1.29 is 13.9 Å². The van der Waals surface area contributed by atoms with Crippen molar-refractivity contribution in [1.82, 2.24) is 0 Å². The summed E-state index contributed by atoms with van der Waals surface area (Å²) >= 11 is 0. The second-order valence-electron chi connectivity index (χ2n) is 3.98. The normalized spacial score (nSPS) is 9.95. The third-order valence-corrected chi connectivity index (χ3v) is 2.64. The first-order valence-corrected chi connectivity index (χ1v) is 5.84. The van der Waals surface area contributed by atoms with Gasteiger partial charge in [0.05, 0.1) is 5.56 Å². The number of carbonyl (C=O) groups excluding carboxylic acids is 1. The molecule has 0 amide bonds. The molecule has 0 aromatic heterocycles. The summed E-state index contributed by atoms with van der Waals surface area (Å²) in [7, 11) is 0. The first-order chi connectivity index (χ1) is 9.20. The van der Waals surface area contributed by atoms with Gasteiger partial charge < -0.3 is 4.74 Å². The van der Waals surface area contributed by atoms with E-state index < -0.39 is 11.6 Å². The molecule has 2 aromatic carbocycles. The zero-order valence-electron chi connectivity index (χ0n) is 10.3. The van der Waals surface area contributed by atoms with Crippen molar-refractivity contribution in [1.29, 1.82) is 0 Å². The van der Waals surface area contributed by atoms with Crippen LogP contribution >= 0.6 is 0 Å². The second kappa shape index (κ2) is 5.96. The van der Waals surface area contributed by atoms with E-state index in [2.05, 4.69) is 6.58 Å². The van der Waals surface area contributed by atoms with Crippen molar-refractivity contribution in [2.24, 2.45) is 0 Å². The number of benzene rings is 2. The van der Waals surface area contributed by atoms with Crippen LogP contribution in [0.25, 0.3) is 0 Å². The van der Waals surface area contributed by atoms with Gasteiger partial charge in [0, 0.05) is 6.07 Å². The number of halogens is 1. The molecule has 2 rings (SSSR count). The Balaban J connectivity index is 2.08. The lowest BCUT2D eigenvalue weighted by atomic mass is 10.1. The maximum atomic E-state index is 13.7. The summed E-state index contributed by atoms with van der Waals surface area (Å²) in [5, 5.41) is 0. The smallest absolute Gasteiger partial charge is 0.188 e. The molecule has 0 saturated heterocycles. The monoisotopic (exact) mass is 256 g/mol. The molecule has 0 aliphatic heterocycles. The molecule has 2 aromatic rings. The van der Waals surface area contributed by atoms with Crippen LogP contribution in [0, 0.1) is 5.82 Å². The lowest BCUT2D eigenvalue weighted by Gasteiger charge is -2.07. The Bertz CT molecular complexity index is 591. The number of carbonyl (C=O) groups is 1. The average molecular weight is 256 g/mol. The number of rotatable bonds is 5. The molecule has 19 heavy (non-hydrogen) atoms. The fourth-order valence-corrected chi connectivity index (χ4v) is 1.64. The van der Waals surface area contributed by atoms with Crippen LogP contribution < -0.4 is 4.74 Å². The molecule has 96 valence electrons. The van der Waals surface area contributed by atoms with Gasteiger partial charge in [-0.25, -0.2) is 4.39 Å². The summed E-state index contributed by atoms with van der Waals surface area (Å²) in [6.07, 6.45) is 1.09. The Morgan fingerprint density at radius 2 is 1.95 bits per heavy atom. The molecule has 0 aliphatic rings. The van der Waals surface area contributed by atoms with Crippen LogP contribution in [0.1, 0.15) is 15.9 Å². The fourth-order valence-electron chi connectivity index (χ4n) is 1.64. The minimum Gasteiger partial charge on any atom is -0.489 e. The van der Waals surface area contributed by atoms with E-state index >= 15 is 0 Å². The van der Waals surface area contributed by atoms with Crippen molar-refractivity contribution in [2.75, 3.05) is 0 Å². The molecule has 0 N–H and O–H groups in total. The number of hydrogen-bond donors (Lipinski definition) is 0. The molecular formula is C16H13FO2. The first-order valence-electron chi connectivity index (χ1n) is 5.84. The van der Waals surface area contributed by atoms with Crippen LogP contribution in [0.3, 0.4) is 0 Å². The molecule has 3 heteroatoms. The van der Waals surface area contributed by atoms with E-state index in [1.807, 2.05) is 30.3 Å². The Morgan fingerprint density at radius 1 is 1.21 bits per heavy atom. The molecule has 0 fully saturated rings. The summed E-state index contributed by atoms with van der Waals surface area (Å²) in [5.74, 6) is -0.649. The van der Waals surface area contributed by atoms with E-state index in [4.69, 9.17) is 4.74 Å². The fraction of sp³-hybridized carbons (Fsp3) is 0.0625. The highest BCUT2D eigenvalue weighted by Gasteiger charge is 2.09. The third kappa shape index (κ3) is 3.28. The van der Waals surface area contributed by atoms with Gasteiger partial charge in [0.2, 0.25) is 0 Å². The Morgan fingerprint density at radius 3 is 2.58 bits per heavy atom. The lowest BCUT2D eigenvalue weighted by Crippen LogP contribution is -2.00. The van der Waals surface area contributed by atoms with Gasteiger partial charge in [0.25, 0.3) is 0 Å². The van der Waals surface area contributed by atoms with Crippen LogP contribution in [0.5, 0.6) is 5.75 Å². The summed E-state index contributed by atoms with van der Waals surface area (Å²) in [5.41, 5.74) is 0.996. The summed E-state index contributed by atoms with van der Waals surface area (Å²) in [6.45, 7) is 3.69. The molecule has 0 aliphatic carbocycles. The molecule has 2 nitrogen and oxygen atoms in total. The Hall–Kier alpha value is -2.42. The molecule has 0 heterocycles. The van der Waals surface area contributed by atoms with Gasteiger partial charge in [-0.1, -0.05) is 36.9 Å². The van der Waals surface area contributed by atoms with Crippen molar-refractivity contribution in [3.63, 3.8) is 0 Å². The minimum atomic E-state index is -0.601. The van der Waals surface area contributed by atoms with E-state index in [0.29, 0.717) is 12.4 Å². The van der Waals surface area contributed by atoms with Crippen LogP contribution in [0.2, 0.25) is 0 Å². The number of ketones is 1. The highest BCUT2D eigenvalue weighted by atomic mass is 19.1. The van der Waals surface area contributed by atoms with Crippen molar-refractivity contribution >= 4 is 5.78 Å². The van der Waals surface area contributed by atoms with Crippen molar-refractivity contribution in [2.45, 2.75) is 6.61 Å². The van der Waals surface area contributed by atoms with E-state index in [-0.39, 0.29) is 5.56 Å². The van der Waals surface area contributed by atoms with Gasteiger partial charge in [-0.2, -0.15) is 0 Å². The summed E-state index contributed by atoms with van der Waals surface area (Å²) in [6, 6.07) is 13.8. The van der Waals surface area contributed by atoms with E-state index in [9.17, 15) is 9.18 Å². The highest BCUT2D eigenvalue weighted by molar-refractivity contribution is 6.04. The maximum absolute atomic E-state index is 13.7. The molecular weight excluding hydrogens is 243 g/mol. The molecule has 0 unspecified atom stereocenters. The topological polar surface area (TPSA) is 26.3 Å². The largest absolute Gasteiger partial charge is 0.489 e. The lowest BCUT2D eigenvalue weighted by molar-refractivity contribution is 0.104. The predicted molar refractivity (Wildman–Crippen MR) is 71.7 cm³/mol. The highest BCUT2D eigenvalue weighted by Crippen LogP contribution is 2.18. The van der Waals surface area contributed by atoms with Crippen LogP contribution in [0.4, 0.5) is 4.39 Å². The quantitative estimate of drug-likeness (QED) is 0.601. The van der Waals surface area contributed by atoms with E-state index in [1.165, 1.54) is 12.1 Å². The third-order valence-electron chi connectivity index (χ3n) is 2.64. The van der Waals surface area contributed by atoms with Crippen molar-refractivity contribution in [3.8, 4) is 5.75 Å². The number of ether oxygens (including phenoxy) is 1. The van der Waals surface area contributed by atoms with Gasteiger partial charge in [0.15, 0.2) is 5.78 Å². The van der Waals surface area contributed by atoms with Gasteiger partial charge >= 0.3 is 0 Å². The average Bonchev–Trinajstić information content (AvgIpc) is 2.45. The molecule has 0 bridgehead atoms. The number of hydrogen-bond acceptors (Lipinski definition) is 2. The summed E-state index contributed by atoms with van der Waals surface area (Å²) < 4.78 is 19.1. The predicted octanol–water partition coefficient (Wildman–Crippen LogP) is 3.77. The van der Waals surface area contributed by atoms with Crippen molar-refractivity contribution in [3.05, 3.63) is 78.1 Å².